The Morgan fingerprint density at radius 1 is 0.949 bits per heavy atom. The van der Waals surface area contributed by atoms with Gasteiger partial charge in [0.2, 0.25) is 0 Å². The van der Waals surface area contributed by atoms with E-state index in [9.17, 15) is 19.7 Å². The molecule has 0 unspecified atom stereocenters. The number of aromatic nitrogens is 2. The Labute approximate surface area is 232 Å². The third-order valence-corrected chi connectivity index (χ3v) is 7.22. The maximum atomic E-state index is 13.6. The first-order valence-corrected chi connectivity index (χ1v) is 13.3. The van der Waals surface area contributed by atoms with Crippen LogP contribution < -0.4 is 10.9 Å². The van der Waals surface area contributed by atoms with Gasteiger partial charge < -0.3 is 5.32 Å². The summed E-state index contributed by atoms with van der Waals surface area (Å²) in [5.41, 5.74) is 2.67. The molecular weight excluding hydrogens is 536 g/mol. The number of hydrogen-bond donors (Lipinski definition) is 1. The van der Waals surface area contributed by atoms with Crippen LogP contribution in [0.5, 0.6) is 0 Å². The SMILES string of the molecule is O=C(Nc1cccc(Cl)c1)c1ccc2c(=O)n(Cc3ccccc3)c(SCc3cccc([N+](=O)[O-])c3)nc2c1. The topological polar surface area (TPSA) is 107 Å². The molecule has 1 amide bonds. The highest BCUT2D eigenvalue weighted by molar-refractivity contribution is 7.98. The molecule has 5 rings (SSSR count). The van der Waals surface area contributed by atoms with Gasteiger partial charge in [0.25, 0.3) is 17.2 Å². The summed E-state index contributed by atoms with van der Waals surface area (Å²) in [6.45, 7) is 0.302. The molecule has 10 heteroatoms. The quantitative estimate of drug-likeness (QED) is 0.100. The smallest absolute Gasteiger partial charge is 0.269 e. The largest absolute Gasteiger partial charge is 0.322 e. The molecule has 4 aromatic carbocycles. The zero-order chi connectivity index (χ0) is 27.4. The van der Waals surface area contributed by atoms with E-state index < -0.39 is 4.92 Å². The minimum Gasteiger partial charge on any atom is -0.322 e. The number of nitro groups is 1. The second-order valence-electron chi connectivity index (χ2n) is 8.68. The lowest BCUT2D eigenvalue weighted by molar-refractivity contribution is -0.384. The van der Waals surface area contributed by atoms with Gasteiger partial charge in [0, 0.05) is 34.2 Å². The maximum Gasteiger partial charge on any atom is 0.269 e. The van der Waals surface area contributed by atoms with Crippen LogP contribution in [0.2, 0.25) is 5.02 Å². The summed E-state index contributed by atoms with van der Waals surface area (Å²) in [5.74, 6) is 0.00355. The maximum absolute atomic E-state index is 13.6. The number of hydrogen-bond acceptors (Lipinski definition) is 6. The van der Waals surface area contributed by atoms with Crippen molar-refractivity contribution in [2.75, 3.05) is 5.32 Å². The number of halogens is 1. The first-order valence-electron chi connectivity index (χ1n) is 11.9. The van der Waals surface area contributed by atoms with Crippen LogP contribution in [0, 0.1) is 10.1 Å². The number of nitro benzene ring substituents is 1. The minimum atomic E-state index is -0.441. The summed E-state index contributed by atoms with van der Waals surface area (Å²) < 4.78 is 1.59. The van der Waals surface area contributed by atoms with Crippen molar-refractivity contribution in [2.45, 2.75) is 17.5 Å². The fourth-order valence-electron chi connectivity index (χ4n) is 4.03. The molecule has 1 N–H and O–H groups in total. The zero-order valence-corrected chi connectivity index (χ0v) is 22.0. The molecule has 0 radical (unpaired) electrons. The standard InChI is InChI=1S/C29H21ClN4O4S/c30-22-9-5-10-23(16-22)31-27(35)21-12-13-25-26(15-21)32-29(33(28(25)36)17-19-6-2-1-3-7-19)39-18-20-8-4-11-24(14-20)34(37)38/h1-16H,17-18H2,(H,31,35). The first kappa shape index (κ1) is 26.1. The molecule has 0 aliphatic carbocycles. The zero-order valence-electron chi connectivity index (χ0n) is 20.4. The second kappa shape index (κ2) is 11.5. The number of rotatable bonds is 8. The summed E-state index contributed by atoms with van der Waals surface area (Å²) in [6, 6.07) is 27.5. The van der Waals surface area contributed by atoms with Crippen molar-refractivity contribution in [3.63, 3.8) is 0 Å². The highest BCUT2D eigenvalue weighted by atomic mass is 35.5. The van der Waals surface area contributed by atoms with Crippen LogP contribution in [-0.4, -0.2) is 20.4 Å². The molecule has 0 saturated carbocycles. The Kier molecular flexibility index (Phi) is 7.72. The van der Waals surface area contributed by atoms with Gasteiger partial charge in [-0.15, -0.1) is 0 Å². The number of carbonyl (C=O) groups excluding carboxylic acids is 1. The normalized spacial score (nSPS) is 10.9. The van der Waals surface area contributed by atoms with E-state index >= 15 is 0 Å². The van der Waals surface area contributed by atoms with Gasteiger partial charge in [-0.05, 0) is 47.5 Å². The summed E-state index contributed by atoms with van der Waals surface area (Å²) in [4.78, 5) is 42.1. The molecule has 0 bridgehead atoms. The fourth-order valence-corrected chi connectivity index (χ4v) is 5.17. The third kappa shape index (κ3) is 6.17. The Morgan fingerprint density at radius 3 is 2.49 bits per heavy atom. The van der Waals surface area contributed by atoms with Gasteiger partial charge >= 0.3 is 0 Å². The van der Waals surface area contributed by atoms with Gasteiger partial charge in [0.15, 0.2) is 5.16 Å². The van der Waals surface area contributed by atoms with E-state index in [0.29, 0.717) is 44.6 Å². The number of nitrogens with one attached hydrogen (secondary N) is 1. The van der Waals surface area contributed by atoms with Crippen LogP contribution in [0.3, 0.4) is 0 Å². The molecule has 5 aromatic rings. The Morgan fingerprint density at radius 2 is 1.72 bits per heavy atom. The van der Waals surface area contributed by atoms with E-state index in [0.717, 1.165) is 11.1 Å². The summed E-state index contributed by atoms with van der Waals surface area (Å²) in [5, 5.41) is 15.3. The lowest BCUT2D eigenvalue weighted by Crippen LogP contribution is -2.24. The molecule has 0 fully saturated rings. The molecule has 1 aromatic heterocycles. The molecule has 1 heterocycles. The third-order valence-electron chi connectivity index (χ3n) is 5.94. The van der Waals surface area contributed by atoms with Crippen molar-refractivity contribution in [1.29, 1.82) is 0 Å². The Balaban J connectivity index is 1.51. The van der Waals surface area contributed by atoms with E-state index in [1.807, 2.05) is 30.3 Å². The first-order chi connectivity index (χ1) is 18.9. The van der Waals surface area contributed by atoms with Gasteiger partial charge in [-0.25, -0.2) is 4.98 Å². The molecule has 8 nitrogen and oxygen atoms in total. The number of nitrogens with zero attached hydrogens (tertiary/aromatic N) is 3. The van der Waals surface area contributed by atoms with Crippen molar-refractivity contribution >= 4 is 51.5 Å². The second-order valence-corrected chi connectivity index (χ2v) is 10.1. The Bertz CT molecular complexity index is 1760. The van der Waals surface area contributed by atoms with Crippen molar-refractivity contribution in [3.05, 3.63) is 139 Å². The molecule has 0 aliphatic heterocycles. The van der Waals surface area contributed by atoms with E-state index in [2.05, 4.69) is 5.32 Å². The van der Waals surface area contributed by atoms with E-state index in [4.69, 9.17) is 16.6 Å². The number of benzene rings is 4. The van der Waals surface area contributed by atoms with Crippen LogP contribution in [0.1, 0.15) is 21.5 Å². The van der Waals surface area contributed by atoms with Crippen molar-refractivity contribution in [2.24, 2.45) is 0 Å². The monoisotopic (exact) mass is 556 g/mol. The van der Waals surface area contributed by atoms with Crippen LogP contribution in [0.15, 0.2) is 107 Å². The van der Waals surface area contributed by atoms with Crippen LogP contribution >= 0.6 is 23.4 Å². The number of anilines is 1. The molecular formula is C29H21ClN4O4S. The lowest BCUT2D eigenvalue weighted by atomic mass is 10.1. The van der Waals surface area contributed by atoms with Crippen molar-refractivity contribution in [3.8, 4) is 0 Å². The van der Waals surface area contributed by atoms with Crippen LogP contribution in [0.25, 0.3) is 10.9 Å². The predicted molar refractivity (Wildman–Crippen MR) is 154 cm³/mol. The average Bonchev–Trinajstić information content (AvgIpc) is 2.94. The molecule has 0 saturated heterocycles. The number of amides is 1. The summed E-state index contributed by atoms with van der Waals surface area (Å²) >= 11 is 7.33. The number of fused-ring (bicyclic) bond motifs is 1. The molecule has 194 valence electrons. The number of thioether (sulfide) groups is 1. The van der Waals surface area contributed by atoms with E-state index in [1.165, 1.54) is 23.9 Å². The van der Waals surface area contributed by atoms with Crippen molar-refractivity contribution < 1.29 is 9.72 Å². The van der Waals surface area contributed by atoms with Gasteiger partial charge in [-0.3, -0.25) is 24.3 Å². The molecule has 0 atom stereocenters. The predicted octanol–water partition coefficient (Wildman–Crippen LogP) is 6.55. The number of non-ortho nitro benzene ring substituents is 1. The molecule has 0 spiro atoms. The van der Waals surface area contributed by atoms with Crippen LogP contribution in [-0.2, 0) is 12.3 Å². The fraction of sp³-hybridized carbons (Fsp3) is 0.0690. The highest BCUT2D eigenvalue weighted by Crippen LogP contribution is 2.25. The average molecular weight is 557 g/mol. The minimum absolute atomic E-state index is 0.00314. The van der Waals surface area contributed by atoms with E-state index in [-0.39, 0.29) is 17.2 Å². The lowest BCUT2D eigenvalue weighted by Gasteiger charge is -2.14. The van der Waals surface area contributed by atoms with Gasteiger partial charge in [0.1, 0.15) is 0 Å². The summed E-state index contributed by atoms with van der Waals surface area (Å²) in [6.07, 6.45) is 0. The van der Waals surface area contributed by atoms with Gasteiger partial charge in [-0.1, -0.05) is 71.9 Å². The van der Waals surface area contributed by atoms with Crippen molar-refractivity contribution in [1.82, 2.24) is 9.55 Å². The highest BCUT2D eigenvalue weighted by Gasteiger charge is 2.16. The molecule has 39 heavy (non-hydrogen) atoms. The number of carbonyl (C=O) groups is 1. The van der Waals surface area contributed by atoms with Crippen LogP contribution in [0.4, 0.5) is 11.4 Å². The van der Waals surface area contributed by atoms with Gasteiger partial charge in [0.05, 0.1) is 22.4 Å². The summed E-state index contributed by atoms with van der Waals surface area (Å²) in [7, 11) is 0. The molecule has 0 aliphatic rings. The Hall–Kier alpha value is -4.47. The van der Waals surface area contributed by atoms with E-state index in [1.54, 1.807) is 59.2 Å². The van der Waals surface area contributed by atoms with Gasteiger partial charge in [-0.2, -0.15) is 0 Å².